The van der Waals surface area contributed by atoms with E-state index in [4.69, 9.17) is 4.74 Å². The largest absolute Gasteiger partial charge is 0.457 e. The van der Waals surface area contributed by atoms with Crippen LogP contribution in [0.25, 0.3) is 0 Å². The molecule has 0 aromatic carbocycles. The first-order valence-corrected chi connectivity index (χ1v) is 9.14. The van der Waals surface area contributed by atoms with Crippen LogP contribution in [-0.4, -0.2) is 38.4 Å². The predicted octanol–water partition coefficient (Wildman–Crippen LogP) is 2.66. The molecule has 0 aliphatic carbocycles. The Morgan fingerprint density at radius 1 is 1.38 bits per heavy atom. The molecule has 1 aromatic heterocycles. The first-order chi connectivity index (χ1) is 9.93. The van der Waals surface area contributed by atoms with Crippen molar-refractivity contribution >= 4 is 27.3 Å². The number of nitrogens with zero attached hydrogens (tertiary/aromatic N) is 1. The summed E-state index contributed by atoms with van der Waals surface area (Å²) in [7, 11) is -3.61. The highest BCUT2D eigenvalue weighted by Crippen LogP contribution is 2.28. The number of sulfonamides is 1. The summed E-state index contributed by atoms with van der Waals surface area (Å²) >= 11 is 1.09. The second-order valence-electron chi connectivity index (χ2n) is 5.11. The molecule has 7 heteroatoms. The van der Waals surface area contributed by atoms with Gasteiger partial charge < -0.3 is 4.74 Å². The van der Waals surface area contributed by atoms with Gasteiger partial charge in [0, 0.05) is 13.1 Å². The molecule has 0 unspecified atom stereocenters. The molecule has 1 aliphatic rings. The number of carbonyl (C=O) groups excluding carboxylic acids is 1. The van der Waals surface area contributed by atoms with Gasteiger partial charge in [0.15, 0.2) is 0 Å². The lowest BCUT2D eigenvalue weighted by atomic mass is 10.2. The molecule has 0 amide bonds. The monoisotopic (exact) mass is 329 g/mol. The molecule has 1 aromatic rings. The Morgan fingerprint density at radius 3 is 2.67 bits per heavy atom. The summed E-state index contributed by atoms with van der Waals surface area (Å²) < 4.78 is 31.8. The van der Waals surface area contributed by atoms with E-state index in [0.29, 0.717) is 18.7 Å². The van der Waals surface area contributed by atoms with Gasteiger partial charge in [-0.15, -0.1) is 11.3 Å². The zero-order valence-corrected chi connectivity index (χ0v) is 13.6. The Hall–Kier alpha value is -1.18. The Bertz CT molecular complexity index is 627. The number of rotatable bonds is 5. The lowest BCUT2D eigenvalue weighted by Gasteiger charge is -2.25. The van der Waals surface area contributed by atoms with Crippen LogP contribution in [0.5, 0.6) is 0 Å². The van der Waals surface area contributed by atoms with Gasteiger partial charge in [0.1, 0.15) is 16.4 Å². The Labute approximate surface area is 129 Å². The molecule has 5 nitrogen and oxygen atoms in total. The molecule has 1 saturated heterocycles. The van der Waals surface area contributed by atoms with Crippen LogP contribution in [-0.2, 0) is 14.8 Å². The zero-order chi connectivity index (χ0) is 15.5. The molecule has 116 valence electrons. The molecule has 1 aliphatic heterocycles. The van der Waals surface area contributed by atoms with Gasteiger partial charge in [-0.2, -0.15) is 4.31 Å². The first-order valence-electron chi connectivity index (χ1n) is 6.82. The predicted molar refractivity (Wildman–Crippen MR) is 82.0 cm³/mol. The van der Waals surface area contributed by atoms with Gasteiger partial charge in [-0.3, -0.25) is 0 Å². The SMILES string of the molecule is C=C(C)COC(=O)c1sccc1S(=O)(=O)N1CCCCC1. The minimum atomic E-state index is -3.61. The highest BCUT2D eigenvalue weighted by Gasteiger charge is 2.31. The molecule has 0 radical (unpaired) electrons. The fourth-order valence-corrected chi connectivity index (χ4v) is 4.95. The van der Waals surface area contributed by atoms with Crippen LogP contribution < -0.4 is 0 Å². The third-order valence-electron chi connectivity index (χ3n) is 3.20. The van der Waals surface area contributed by atoms with Crippen molar-refractivity contribution in [2.45, 2.75) is 31.1 Å². The van der Waals surface area contributed by atoms with Crippen molar-refractivity contribution in [2.24, 2.45) is 0 Å². The zero-order valence-electron chi connectivity index (χ0n) is 12.0. The average Bonchev–Trinajstić information content (AvgIpc) is 2.96. The van der Waals surface area contributed by atoms with E-state index in [1.165, 1.54) is 10.4 Å². The highest BCUT2D eigenvalue weighted by molar-refractivity contribution is 7.89. The molecule has 21 heavy (non-hydrogen) atoms. The molecular weight excluding hydrogens is 310 g/mol. The van der Waals surface area contributed by atoms with Crippen molar-refractivity contribution in [1.82, 2.24) is 4.31 Å². The van der Waals surface area contributed by atoms with Gasteiger partial charge in [0.2, 0.25) is 10.0 Å². The molecule has 2 heterocycles. The lowest BCUT2D eigenvalue weighted by Crippen LogP contribution is -2.36. The Kier molecular flexibility index (Phi) is 5.18. The molecule has 0 bridgehead atoms. The molecule has 0 N–H and O–H groups in total. The second-order valence-corrected chi connectivity index (χ2v) is 7.93. The minimum Gasteiger partial charge on any atom is -0.457 e. The van der Waals surface area contributed by atoms with Crippen molar-refractivity contribution < 1.29 is 17.9 Å². The number of hydrogen-bond donors (Lipinski definition) is 0. The Morgan fingerprint density at radius 2 is 2.05 bits per heavy atom. The van der Waals surface area contributed by atoms with Gasteiger partial charge in [-0.1, -0.05) is 13.0 Å². The molecule has 1 fully saturated rings. The fourth-order valence-electron chi connectivity index (χ4n) is 2.15. The highest BCUT2D eigenvalue weighted by atomic mass is 32.2. The summed E-state index contributed by atoms with van der Waals surface area (Å²) in [5.74, 6) is -0.608. The van der Waals surface area contributed by atoms with E-state index in [2.05, 4.69) is 6.58 Å². The normalized spacial score (nSPS) is 16.6. The van der Waals surface area contributed by atoms with Crippen LogP contribution in [0.3, 0.4) is 0 Å². The van der Waals surface area contributed by atoms with Crippen LogP contribution in [0.2, 0.25) is 0 Å². The first kappa shape index (κ1) is 16.2. The summed E-state index contributed by atoms with van der Waals surface area (Å²) in [4.78, 5) is 12.2. The molecule has 0 atom stereocenters. The molecule has 0 saturated carbocycles. The number of hydrogen-bond acceptors (Lipinski definition) is 5. The maximum atomic E-state index is 12.6. The molecule has 0 spiro atoms. The van der Waals surface area contributed by atoms with Crippen LogP contribution in [0.1, 0.15) is 35.9 Å². The lowest BCUT2D eigenvalue weighted by molar-refractivity contribution is 0.0542. The summed E-state index contributed by atoms with van der Waals surface area (Å²) in [6, 6.07) is 1.48. The quantitative estimate of drug-likeness (QED) is 0.615. The fraction of sp³-hybridized carbons (Fsp3) is 0.500. The van der Waals surface area contributed by atoms with Gasteiger partial charge >= 0.3 is 5.97 Å². The Balaban J connectivity index is 2.22. The van der Waals surface area contributed by atoms with E-state index in [-0.39, 0.29) is 16.4 Å². The smallest absolute Gasteiger partial charge is 0.350 e. The number of carbonyl (C=O) groups is 1. The van der Waals surface area contributed by atoms with Crippen LogP contribution in [0, 0.1) is 0 Å². The van der Waals surface area contributed by atoms with E-state index in [0.717, 1.165) is 30.6 Å². The van der Waals surface area contributed by atoms with Crippen LogP contribution in [0.15, 0.2) is 28.5 Å². The topological polar surface area (TPSA) is 63.7 Å². The number of esters is 1. The summed E-state index contributed by atoms with van der Waals surface area (Å²) in [5, 5.41) is 1.61. The summed E-state index contributed by atoms with van der Waals surface area (Å²) in [6.45, 7) is 6.52. The van der Waals surface area contributed by atoms with E-state index >= 15 is 0 Å². The second kappa shape index (κ2) is 6.72. The average molecular weight is 329 g/mol. The number of ether oxygens (including phenoxy) is 1. The molecular formula is C14H19NO4S2. The van der Waals surface area contributed by atoms with Crippen molar-refractivity contribution in [2.75, 3.05) is 19.7 Å². The summed E-state index contributed by atoms with van der Waals surface area (Å²) in [5.41, 5.74) is 0.709. The number of thiophene rings is 1. The minimum absolute atomic E-state index is 0.0566. The van der Waals surface area contributed by atoms with Crippen molar-refractivity contribution in [3.63, 3.8) is 0 Å². The van der Waals surface area contributed by atoms with Gasteiger partial charge in [-0.05, 0) is 36.8 Å². The van der Waals surface area contributed by atoms with Crippen molar-refractivity contribution in [3.8, 4) is 0 Å². The van der Waals surface area contributed by atoms with E-state index in [9.17, 15) is 13.2 Å². The maximum Gasteiger partial charge on any atom is 0.350 e. The summed E-state index contributed by atoms with van der Waals surface area (Å²) in [6.07, 6.45) is 2.76. The third kappa shape index (κ3) is 3.72. The third-order valence-corrected chi connectivity index (χ3v) is 6.16. The van der Waals surface area contributed by atoms with E-state index in [1.807, 2.05) is 0 Å². The van der Waals surface area contributed by atoms with Crippen molar-refractivity contribution in [1.29, 1.82) is 0 Å². The van der Waals surface area contributed by atoms with Crippen LogP contribution in [0.4, 0.5) is 0 Å². The van der Waals surface area contributed by atoms with E-state index < -0.39 is 16.0 Å². The number of piperidine rings is 1. The van der Waals surface area contributed by atoms with Gasteiger partial charge in [0.25, 0.3) is 0 Å². The van der Waals surface area contributed by atoms with Crippen LogP contribution >= 0.6 is 11.3 Å². The van der Waals surface area contributed by atoms with E-state index in [1.54, 1.807) is 12.3 Å². The standard InChI is InChI=1S/C14H19NO4S2/c1-11(2)10-19-14(16)13-12(6-9-20-13)21(17,18)15-7-4-3-5-8-15/h6,9H,1,3-5,7-8,10H2,2H3. The van der Waals surface area contributed by atoms with Gasteiger partial charge in [-0.25, -0.2) is 13.2 Å². The molecule has 2 rings (SSSR count). The maximum absolute atomic E-state index is 12.6. The van der Waals surface area contributed by atoms with Gasteiger partial charge in [0.05, 0.1) is 0 Å². The van der Waals surface area contributed by atoms with Crippen molar-refractivity contribution in [3.05, 3.63) is 28.5 Å².